The van der Waals surface area contributed by atoms with Crippen molar-refractivity contribution in [3.8, 4) is 11.5 Å². The second-order valence-electron chi connectivity index (χ2n) is 2.54. The molecule has 1 rings (SSSR count). The van der Waals surface area contributed by atoms with Crippen molar-refractivity contribution in [3.05, 3.63) is 17.7 Å². The van der Waals surface area contributed by atoms with Crippen LogP contribution in [0, 0.1) is 6.92 Å². The van der Waals surface area contributed by atoms with Crippen molar-refractivity contribution >= 4 is 22.5 Å². The third kappa shape index (κ3) is 2.25. The summed E-state index contributed by atoms with van der Waals surface area (Å²) in [6.07, 6.45) is 0. The van der Waals surface area contributed by atoms with Crippen LogP contribution in [-0.2, 0) is 0 Å². The molecule has 4 heteroatoms. The first-order valence-electron chi connectivity index (χ1n) is 3.77. The van der Waals surface area contributed by atoms with Gasteiger partial charge in [-0.1, -0.05) is 10.8 Å². The van der Waals surface area contributed by atoms with E-state index in [0.29, 0.717) is 0 Å². The number of hydrogen-bond acceptors (Lipinski definition) is 4. The van der Waals surface area contributed by atoms with Crippen LogP contribution in [-0.4, -0.2) is 14.2 Å². The van der Waals surface area contributed by atoms with Crippen LogP contribution in [0.3, 0.4) is 0 Å². The Morgan fingerprint density at radius 2 is 1.62 bits per heavy atom. The smallest absolute Gasteiger partial charge is 0.126 e. The van der Waals surface area contributed by atoms with Crippen LogP contribution >= 0.6 is 22.5 Å². The van der Waals surface area contributed by atoms with Gasteiger partial charge in [0.05, 0.1) is 14.2 Å². The summed E-state index contributed by atoms with van der Waals surface area (Å²) >= 11 is 4.12. The fourth-order valence-corrected chi connectivity index (χ4v) is 1.75. The minimum atomic E-state index is 0.830. The first kappa shape index (κ1) is 10.6. The number of rotatable bonds is 3. The van der Waals surface area contributed by atoms with Crippen LogP contribution in [0.15, 0.2) is 17.0 Å². The zero-order chi connectivity index (χ0) is 9.84. The van der Waals surface area contributed by atoms with Gasteiger partial charge in [0.25, 0.3) is 0 Å². The normalized spacial score (nSPS) is 9.85. The van der Waals surface area contributed by atoms with Crippen molar-refractivity contribution in [2.45, 2.75) is 11.8 Å². The molecule has 0 aliphatic rings. The molecule has 0 aliphatic heterocycles. The number of benzene rings is 1. The Bertz CT molecular complexity index is 275. The summed E-state index contributed by atoms with van der Waals surface area (Å²) in [6.45, 7) is 1.96. The van der Waals surface area contributed by atoms with Crippen molar-refractivity contribution in [1.29, 1.82) is 0 Å². The summed E-state index contributed by atoms with van der Waals surface area (Å²) in [5.41, 5.74) is 1.01. The van der Waals surface area contributed by atoms with Crippen molar-refractivity contribution in [3.63, 3.8) is 0 Å². The average Bonchev–Trinajstić information content (AvgIpc) is 2.18. The van der Waals surface area contributed by atoms with Crippen LogP contribution in [0.25, 0.3) is 0 Å². The van der Waals surface area contributed by atoms with Crippen molar-refractivity contribution in [2.24, 2.45) is 0 Å². The summed E-state index contributed by atoms with van der Waals surface area (Å²) in [7, 11) is 4.67. The zero-order valence-electron chi connectivity index (χ0n) is 7.83. The molecule has 0 unspecified atom stereocenters. The zero-order valence-corrected chi connectivity index (χ0v) is 9.54. The van der Waals surface area contributed by atoms with Gasteiger partial charge in [-0.3, -0.25) is 0 Å². The molecule has 0 heterocycles. The Labute approximate surface area is 87.4 Å². The molecule has 0 radical (unpaired) electrons. The van der Waals surface area contributed by atoms with Gasteiger partial charge in [0, 0.05) is 10.5 Å². The minimum absolute atomic E-state index is 0.830. The Hall–Kier alpha value is -0.480. The van der Waals surface area contributed by atoms with Crippen LogP contribution < -0.4 is 9.47 Å². The number of ether oxygens (including phenoxy) is 2. The lowest BCUT2D eigenvalue weighted by Gasteiger charge is -2.10. The van der Waals surface area contributed by atoms with Crippen molar-refractivity contribution < 1.29 is 9.47 Å². The molecule has 0 spiro atoms. The average molecular weight is 216 g/mol. The molecule has 0 atom stereocenters. The molecule has 72 valence electrons. The summed E-state index contributed by atoms with van der Waals surface area (Å²) in [5.74, 6) is 1.66. The highest BCUT2D eigenvalue weighted by Crippen LogP contribution is 2.34. The monoisotopic (exact) mass is 216 g/mol. The molecule has 0 aliphatic carbocycles. The van der Waals surface area contributed by atoms with E-state index < -0.39 is 0 Å². The van der Waals surface area contributed by atoms with Gasteiger partial charge in [-0.15, -0.1) is 11.7 Å². The highest BCUT2D eigenvalue weighted by atomic mass is 33.1. The lowest BCUT2D eigenvalue weighted by molar-refractivity contribution is 0.387. The molecular weight excluding hydrogens is 204 g/mol. The van der Waals surface area contributed by atoms with E-state index in [2.05, 4.69) is 11.7 Å². The Balaban J connectivity index is 3.20. The lowest BCUT2D eigenvalue weighted by atomic mass is 10.2. The van der Waals surface area contributed by atoms with Crippen molar-refractivity contribution in [2.75, 3.05) is 14.2 Å². The summed E-state index contributed by atoms with van der Waals surface area (Å²) in [6, 6.07) is 3.88. The second kappa shape index (κ2) is 4.67. The maximum atomic E-state index is 5.20. The third-order valence-corrected chi connectivity index (χ3v) is 2.91. The molecular formula is C9H12O2S2. The molecule has 1 aromatic carbocycles. The van der Waals surface area contributed by atoms with Gasteiger partial charge in [0.2, 0.25) is 0 Å². The molecule has 0 N–H and O–H groups in total. The molecule has 0 bridgehead atoms. The first-order valence-corrected chi connectivity index (χ1v) is 5.63. The van der Waals surface area contributed by atoms with Gasteiger partial charge >= 0.3 is 0 Å². The van der Waals surface area contributed by atoms with Gasteiger partial charge in [-0.2, -0.15) is 0 Å². The molecule has 13 heavy (non-hydrogen) atoms. The van der Waals surface area contributed by atoms with E-state index in [9.17, 15) is 0 Å². The fourth-order valence-electron chi connectivity index (χ4n) is 1.11. The van der Waals surface area contributed by atoms with Gasteiger partial charge in [0.1, 0.15) is 11.5 Å². The quantitative estimate of drug-likeness (QED) is 0.619. The third-order valence-electron chi connectivity index (χ3n) is 1.83. The fraction of sp³-hybridized carbons (Fsp3) is 0.333. The summed E-state index contributed by atoms with van der Waals surface area (Å²) < 4.78 is 10.4. The van der Waals surface area contributed by atoms with E-state index in [0.717, 1.165) is 22.0 Å². The topological polar surface area (TPSA) is 18.5 Å². The summed E-state index contributed by atoms with van der Waals surface area (Å²) in [5, 5.41) is 0. The predicted octanol–water partition coefficient (Wildman–Crippen LogP) is 2.95. The highest BCUT2D eigenvalue weighted by Gasteiger charge is 2.07. The van der Waals surface area contributed by atoms with Gasteiger partial charge in [-0.05, 0) is 19.1 Å². The Kier molecular flexibility index (Phi) is 3.81. The maximum Gasteiger partial charge on any atom is 0.126 e. The Morgan fingerprint density at radius 1 is 1.15 bits per heavy atom. The summed E-state index contributed by atoms with van der Waals surface area (Å²) in [4.78, 5) is 1.02. The van der Waals surface area contributed by atoms with Crippen LogP contribution in [0.2, 0.25) is 0 Å². The SMILES string of the molecule is COc1cc(SS)cc(OC)c1C. The molecule has 2 nitrogen and oxygen atoms in total. The van der Waals surface area contributed by atoms with E-state index in [-0.39, 0.29) is 0 Å². The Morgan fingerprint density at radius 3 is 1.92 bits per heavy atom. The van der Waals surface area contributed by atoms with E-state index >= 15 is 0 Å². The first-order chi connectivity index (χ1) is 6.22. The van der Waals surface area contributed by atoms with Gasteiger partial charge in [0.15, 0.2) is 0 Å². The van der Waals surface area contributed by atoms with Crippen LogP contribution in [0.5, 0.6) is 11.5 Å². The molecule has 1 aromatic rings. The second-order valence-corrected chi connectivity index (χ2v) is 3.75. The van der Waals surface area contributed by atoms with Crippen LogP contribution in [0.1, 0.15) is 5.56 Å². The number of methoxy groups -OCH3 is 2. The lowest BCUT2D eigenvalue weighted by Crippen LogP contribution is -1.92. The van der Waals surface area contributed by atoms with E-state index in [1.54, 1.807) is 14.2 Å². The molecule has 0 fully saturated rings. The molecule has 0 saturated carbocycles. The molecule has 0 saturated heterocycles. The van der Waals surface area contributed by atoms with E-state index in [1.165, 1.54) is 10.8 Å². The van der Waals surface area contributed by atoms with E-state index in [4.69, 9.17) is 9.47 Å². The predicted molar refractivity (Wildman–Crippen MR) is 59.1 cm³/mol. The van der Waals surface area contributed by atoms with Gasteiger partial charge < -0.3 is 9.47 Å². The van der Waals surface area contributed by atoms with Gasteiger partial charge in [-0.25, -0.2) is 0 Å². The maximum absolute atomic E-state index is 5.20. The van der Waals surface area contributed by atoms with Crippen LogP contribution in [0.4, 0.5) is 0 Å². The molecule has 0 aromatic heterocycles. The number of thiol groups is 1. The standard InChI is InChI=1S/C9H12O2S2/c1-6-8(10-2)4-7(13-12)5-9(6)11-3/h4-5,12H,1-3H3. The number of hydrogen-bond donors (Lipinski definition) is 1. The van der Waals surface area contributed by atoms with E-state index in [1.807, 2.05) is 19.1 Å². The molecule has 0 amide bonds. The largest absolute Gasteiger partial charge is 0.496 e. The highest BCUT2D eigenvalue weighted by molar-refractivity contribution is 8.68. The van der Waals surface area contributed by atoms with Crippen molar-refractivity contribution in [1.82, 2.24) is 0 Å². The minimum Gasteiger partial charge on any atom is -0.496 e.